The maximum absolute atomic E-state index is 10.8. The van der Waals surface area contributed by atoms with Gasteiger partial charge in [-0.2, -0.15) is 5.10 Å². The Morgan fingerprint density at radius 3 is 2.65 bits per heavy atom. The molecule has 2 aromatic carbocycles. The highest BCUT2D eigenvalue weighted by Gasteiger charge is 2.09. The largest absolute Gasteiger partial charge is 0.508 e. The smallest absolute Gasteiger partial charge is 0.270 e. The third kappa shape index (κ3) is 3.93. The summed E-state index contributed by atoms with van der Waals surface area (Å²) in [5.74, 6) is 1.22. The van der Waals surface area contributed by atoms with Crippen molar-refractivity contribution < 1.29 is 14.4 Å². The van der Waals surface area contributed by atoms with Gasteiger partial charge in [0, 0.05) is 23.3 Å². The second-order valence-corrected chi connectivity index (χ2v) is 5.29. The first-order chi connectivity index (χ1) is 12.5. The monoisotopic (exact) mass is 350 g/mol. The van der Waals surface area contributed by atoms with E-state index in [0.717, 1.165) is 0 Å². The van der Waals surface area contributed by atoms with Gasteiger partial charge in [-0.3, -0.25) is 10.1 Å². The SMILES string of the molecule is N/C(=N\N=C\c1ccc(-c2cccc([N+](=O)[O-])c2)o1)c1ccc(O)cc1. The Kier molecular flexibility index (Phi) is 4.75. The minimum atomic E-state index is -0.463. The fourth-order valence-corrected chi connectivity index (χ4v) is 2.19. The molecule has 0 spiro atoms. The van der Waals surface area contributed by atoms with Gasteiger partial charge in [0.05, 0.1) is 11.1 Å². The second kappa shape index (κ2) is 7.31. The van der Waals surface area contributed by atoms with Gasteiger partial charge in [-0.1, -0.05) is 12.1 Å². The molecule has 1 aromatic heterocycles. The van der Waals surface area contributed by atoms with Crippen molar-refractivity contribution in [2.24, 2.45) is 15.9 Å². The summed E-state index contributed by atoms with van der Waals surface area (Å²) in [7, 11) is 0. The minimum Gasteiger partial charge on any atom is -0.508 e. The molecule has 0 atom stereocenters. The quantitative estimate of drug-likeness (QED) is 0.316. The lowest BCUT2D eigenvalue weighted by atomic mass is 10.1. The van der Waals surface area contributed by atoms with E-state index in [4.69, 9.17) is 10.2 Å². The van der Waals surface area contributed by atoms with Crippen molar-refractivity contribution in [3.8, 4) is 17.1 Å². The summed E-state index contributed by atoms with van der Waals surface area (Å²) in [6, 6.07) is 15.8. The van der Waals surface area contributed by atoms with Gasteiger partial charge in [-0.05, 0) is 36.4 Å². The molecule has 0 unspecified atom stereocenters. The van der Waals surface area contributed by atoms with Gasteiger partial charge < -0.3 is 15.3 Å². The van der Waals surface area contributed by atoms with E-state index < -0.39 is 4.92 Å². The van der Waals surface area contributed by atoms with E-state index in [2.05, 4.69) is 10.2 Å². The Morgan fingerprint density at radius 1 is 1.15 bits per heavy atom. The van der Waals surface area contributed by atoms with E-state index >= 15 is 0 Å². The number of non-ortho nitro benzene ring substituents is 1. The molecular weight excluding hydrogens is 336 g/mol. The van der Waals surface area contributed by atoms with E-state index in [0.29, 0.717) is 22.6 Å². The Labute approximate surface area is 148 Å². The molecule has 8 heteroatoms. The van der Waals surface area contributed by atoms with Crippen LogP contribution in [-0.4, -0.2) is 22.1 Å². The van der Waals surface area contributed by atoms with E-state index in [1.165, 1.54) is 30.5 Å². The molecule has 0 saturated carbocycles. The highest BCUT2D eigenvalue weighted by Crippen LogP contribution is 2.25. The molecule has 3 aromatic rings. The summed E-state index contributed by atoms with van der Waals surface area (Å²) >= 11 is 0. The maximum Gasteiger partial charge on any atom is 0.270 e. The maximum atomic E-state index is 10.8. The third-order valence-corrected chi connectivity index (χ3v) is 3.48. The first-order valence-corrected chi connectivity index (χ1v) is 7.53. The zero-order valence-corrected chi connectivity index (χ0v) is 13.4. The highest BCUT2D eigenvalue weighted by atomic mass is 16.6. The highest BCUT2D eigenvalue weighted by molar-refractivity contribution is 5.97. The first-order valence-electron chi connectivity index (χ1n) is 7.53. The molecule has 3 N–H and O–H groups in total. The lowest BCUT2D eigenvalue weighted by Crippen LogP contribution is -2.12. The number of benzene rings is 2. The topological polar surface area (TPSA) is 127 Å². The number of rotatable bonds is 5. The number of nitro groups is 1. The van der Waals surface area contributed by atoms with Gasteiger partial charge >= 0.3 is 0 Å². The Balaban J connectivity index is 1.75. The van der Waals surface area contributed by atoms with Crippen molar-refractivity contribution in [2.45, 2.75) is 0 Å². The predicted molar refractivity (Wildman–Crippen MR) is 97.2 cm³/mol. The molecule has 1 heterocycles. The summed E-state index contributed by atoms with van der Waals surface area (Å²) in [5.41, 5.74) is 7.01. The van der Waals surface area contributed by atoms with Crippen LogP contribution < -0.4 is 5.73 Å². The van der Waals surface area contributed by atoms with Crippen LogP contribution in [0.3, 0.4) is 0 Å². The Hall–Kier alpha value is -3.94. The fraction of sp³-hybridized carbons (Fsp3) is 0. The Morgan fingerprint density at radius 2 is 1.92 bits per heavy atom. The number of nitro benzene ring substituents is 1. The second-order valence-electron chi connectivity index (χ2n) is 5.29. The molecule has 0 radical (unpaired) electrons. The molecule has 0 fully saturated rings. The van der Waals surface area contributed by atoms with Crippen LogP contribution in [0.2, 0.25) is 0 Å². The average Bonchev–Trinajstić information content (AvgIpc) is 3.11. The fourth-order valence-electron chi connectivity index (χ4n) is 2.19. The number of phenols is 1. The standard InChI is InChI=1S/C18H14N4O4/c19-18(12-4-6-15(23)7-5-12)21-20-11-16-8-9-17(26-16)13-2-1-3-14(10-13)22(24)25/h1-11,23H,(H2,19,21)/b20-11+. The number of nitrogens with zero attached hydrogens (tertiary/aromatic N) is 3. The molecule has 26 heavy (non-hydrogen) atoms. The number of hydrogen-bond donors (Lipinski definition) is 2. The van der Waals surface area contributed by atoms with Crippen molar-refractivity contribution in [1.82, 2.24) is 0 Å². The van der Waals surface area contributed by atoms with Gasteiger partial charge in [0.25, 0.3) is 5.69 Å². The van der Waals surface area contributed by atoms with E-state index in [1.54, 1.807) is 36.4 Å². The molecule has 0 aliphatic heterocycles. The lowest BCUT2D eigenvalue weighted by molar-refractivity contribution is -0.384. The Bertz CT molecular complexity index is 990. The zero-order valence-electron chi connectivity index (χ0n) is 13.4. The molecule has 0 saturated heterocycles. The predicted octanol–water partition coefficient (Wildman–Crippen LogP) is 3.30. The summed E-state index contributed by atoms with van der Waals surface area (Å²) in [6.45, 7) is 0. The average molecular weight is 350 g/mol. The van der Waals surface area contributed by atoms with Gasteiger partial charge in [-0.25, -0.2) is 0 Å². The van der Waals surface area contributed by atoms with Crippen LogP contribution in [0.4, 0.5) is 5.69 Å². The van der Waals surface area contributed by atoms with Gasteiger partial charge in [0.1, 0.15) is 17.3 Å². The van der Waals surface area contributed by atoms with Crippen molar-refractivity contribution in [3.05, 3.63) is 82.1 Å². The van der Waals surface area contributed by atoms with Gasteiger partial charge in [-0.15, -0.1) is 5.10 Å². The number of phenolic OH excluding ortho intramolecular Hbond substituents is 1. The van der Waals surface area contributed by atoms with Crippen LogP contribution >= 0.6 is 0 Å². The van der Waals surface area contributed by atoms with Crippen LogP contribution in [-0.2, 0) is 0 Å². The number of hydrogen-bond acceptors (Lipinski definition) is 6. The molecular formula is C18H14N4O4. The minimum absolute atomic E-state index is 0.0135. The van der Waals surface area contributed by atoms with Crippen LogP contribution in [0.5, 0.6) is 5.75 Å². The lowest BCUT2D eigenvalue weighted by Gasteiger charge is -1.98. The van der Waals surface area contributed by atoms with Crippen LogP contribution in [0, 0.1) is 10.1 Å². The molecule has 3 rings (SSSR count). The summed E-state index contributed by atoms with van der Waals surface area (Å²) in [4.78, 5) is 10.4. The normalized spacial score (nSPS) is 11.8. The number of furan rings is 1. The van der Waals surface area contributed by atoms with Crippen LogP contribution in [0.1, 0.15) is 11.3 Å². The first kappa shape index (κ1) is 16.9. The van der Waals surface area contributed by atoms with Crippen molar-refractivity contribution >= 4 is 17.7 Å². The number of nitrogens with two attached hydrogens (primary N) is 1. The zero-order chi connectivity index (χ0) is 18.5. The number of aromatic hydroxyl groups is 1. The molecule has 0 bridgehead atoms. The third-order valence-electron chi connectivity index (χ3n) is 3.48. The molecule has 0 aliphatic carbocycles. The molecule has 0 amide bonds. The van der Waals surface area contributed by atoms with E-state index in [9.17, 15) is 15.2 Å². The molecule has 130 valence electrons. The number of amidine groups is 1. The summed E-state index contributed by atoms with van der Waals surface area (Å²) < 4.78 is 5.59. The molecule has 0 aliphatic rings. The van der Waals surface area contributed by atoms with Crippen molar-refractivity contribution in [2.75, 3.05) is 0 Å². The summed E-state index contributed by atoms with van der Waals surface area (Å²) in [5, 5.41) is 27.8. The van der Waals surface area contributed by atoms with Crippen LogP contribution in [0.25, 0.3) is 11.3 Å². The van der Waals surface area contributed by atoms with Crippen molar-refractivity contribution in [1.29, 1.82) is 0 Å². The van der Waals surface area contributed by atoms with E-state index in [-0.39, 0.29) is 17.3 Å². The van der Waals surface area contributed by atoms with E-state index in [1.807, 2.05) is 0 Å². The van der Waals surface area contributed by atoms with Crippen LogP contribution in [0.15, 0.2) is 75.3 Å². The van der Waals surface area contributed by atoms with Gasteiger partial charge in [0.2, 0.25) is 0 Å². The summed E-state index contributed by atoms with van der Waals surface area (Å²) in [6.07, 6.45) is 1.38. The molecule has 8 nitrogen and oxygen atoms in total. The van der Waals surface area contributed by atoms with Crippen molar-refractivity contribution in [3.63, 3.8) is 0 Å². The van der Waals surface area contributed by atoms with Gasteiger partial charge in [0.15, 0.2) is 5.84 Å².